The topological polar surface area (TPSA) is 87.1 Å². The summed E-state index contributed by atoms with van der Waals surface area (Å²) < 4.78 is 5.49. The number of carbonyl (C=O) groups is 2. The lowest BCUT2D eigenvalue weighted by molar-refractivity contribution is -0.139. The van der Waals surface area contributed by atoms with Gasteiger partial charge in [-0.1, -0.05) is 56.2 Å². The van der Waals surface area contributed by atoms with Gasteiger partial charge in [0.1, 0.15) is 5.76 Å². The van der Waals surface area contributed by atoms with Crippen LogP contribution in [0.3, 0.4) is 0 Å². The predicted molar refractivity (Wildman–Crippen MR) is 114 cm³/mol. The molecule has 0 aromatic heterocycles. The predicted octanol–water partition coefficient (Wildman–Crippen LogP) is 4.40. The highest BCUT2D eigenvalue weighted by atomic mass is 16.5. The summed E-state index contributed by atoms with van der Waals surface area (Å²) in [6.07, 6.45) is 2.66. The van der Waals surface area contributed by atoms with Crippen LogP contribution >= 0.6 is 0 Å². The van der Waals surface area contributed by atoms with E-state index in [1.165, 1.54) is 11.0 Å². The normalized spacial score (nSPS) is 18.1. The number of carbonyl (C=O) groups excluding carboxylic acids is 2. The monoisotopic (exact) mass is 409 g/mol. The van der Waals surface area contributed by atoms with E-state index >= 15 is 0 Å². The number of likely N-dealkylation sites (tertiary alicyclic amines) is 1. The molecule has 1 fully saturated rings. The smallest absolute Gasteiger partial charge is 0.295 e. The molecule has 0 bridgehead atoms. The number of hydrogen-bond donors (Lipinski definition) is 2. The van der Waals surface area contributed by atoms with Crippen LogP contribution in [0.15, 0.2) is 54.1 Å². The van der Waals surface area contributed by atoms with Crippen LogP contribution < -0.4 is 4.74 Å². The molecule has 1 aliphatic heterocycles. The Labute approximate surface area is 176 Å². The van der Waals surface area contributed by atoms with Crippen LogP contribution in [0.1, 0.15) is 50.3 Å². The second-order valence-corrected chi connectivity index (χ2v) is 7.23. The van der Waals surface area contributed by atoms with Crippen LogP contribution in [0.5, 0.6) is 11.5 Å². The van der Waals surface area contributed by atoms with Gasteiger partial charge in [-0.25, -0.2) is 0 Å². The van der Waals surface area contributed by atoms with Crippen molar-refractivity contribution < 1.29 is 24.5 Å². The van der Waals surface area contributed by atoms with Gasteiger partial charge < -0.3 is 19.8 Å². The summed E-state index contributed by atoms with van der Waals surface area (Å²) in [6, 6.07) is 12.7. The van der Waals surface area contributed by atoms with Gasteiger partial charge in [-0.15, -0.1) is 0 Å². The summed E-state index contributed by atoms with van der Waals surface area (Å²) in [5.74, 6) is -1.29. The zero-order valence-corrected chi connectivity index (χ0v) is 17.3. The van der Waals surface area contributed by atoms with Crippen LogP contribution in [-0.2, 0) is 9.59 Å². The molecule has 1 aliphatic rings. The molecule has 2 N–H and O–H groups in total. The van der Waals surface area contributed by atoms with Crippen molar-refractivity contribution in [1.82, 2.24) is 4.90 Å². The van der Waals surface area contributed by atoms with E-state index in [0.29, 0.717) is 24.3 Å². The number of phenolic OH excluding ortho intramolecular Hbond substituents is 1. The van der Waals surface area contributed by atoms with Crippen molar-refractivity contribution in [3.8, 4) is 11.5 Å². The molecule has 30 heavy (non-hydrogen) atoms. The Balaban J connectivity index is 2.14. The highest BCUT2D eigenvalue weighted by molar-refractivity contribution is 6.46. The maximum absolute atomic E-state index is 12.9. The van der Waals surface area contributed by atoms with Gasteiger partial charge in [0.2, 0.25) is 0 Å². The summed E-state index contributed by atoms with van der Waals surface area (Å²) in [6.45, 7) is 4.63. The summed E-state index contributed by atoms with van der Waals surface area (Å²) >= 11 is 0. The number of ether oxygens (including phenoxy) is 1. The van der Waals surface area contributed by atoms with Gasteiger partial charge in [-0.2, -0.15) is 0 Å². The molecule has 1 atom stereocenters. The zero-order chi connectivity index (χ0) is 21.7. The molecule has 1 unspecified atom stereocenters. The minimum absolute atomic E-state index is 0.0217. The highest BCUT2D eigenvalue weighted by Gasteiger charge is 2.45. The second-order valence-electron chi connectivity index (χ2n) is 7.23. The van der Waals surface area contributed by atoms with Crippen molar-refractivity contribution in [2.75, 3.05) is 13.2 Å². The quantitative estimate of drug-likeness (QED) is 0.292. The fourth-order valence-electron chi connectivity index (χ4n) is 3.71. The van der Waals surface area contributed by atoms with Crippen LogP contribution in [-0.4, -0.2) is 40.0 Å². The molecule has 0 radical (unpaired) electrons. The number of phenols is 1. The molecule has 1 heterocycles. The lowest BCUT2D eigenvalue weighted by atomic mass is 9.95. The van der Waals surface area contributed by atoms with E-state index in [1.807, 2.05) is 6.07 Å². The van der Waals surface area contributed by atoms with Crippen molar-refractivity contribution in [3.63, 3.8) is 0 Å². The molecule has 6 nitrogen and oxygen atoms in total. The fraction of sp³-hybridized carbons (Fsp3) is 0.333. The Hall–Kier alpha value is -3.28. The highest BCUT2D eigenvalue weighted by Crippen LogP contribution is 2.41. The summed E-state index contributed by atoms with van der Waals surface area (Å²) in [5, 5.41) is 21.0. The third-order valence-electron chi connectivity index (χ3n) is 5.19. The number of ketones is 1. The van der Waals surface area contributed by atoms with Crippen molar-refractivity contribution in [2.24, 2.45) is 0 Å². The molecule has 6 heteroatoms. The minimum Gasteiger partial charge on any atom is -0.507 e. The molecule has 0 aliphatic carbocycles. The van der Waals surface area contributed by atoms with Crippen LogP contribution in [0, 0.1) is 0 Å². The van der Waals surface area contributed by atoms with Crippen molar-refractivity contribution >= 4 is 17.4 Å². The number of nitrogens with zero attached hydrogens (tertiary/aromatic N) is 1. The van der Waals surface area contributed by atoms with Gasteiger partial charge in [0.05, 0.1) is 18.2 Å². The molecule has 158 valence electrons. The van der Waals surface area contributed by atoms with Crippen molar-refractivity contribution in [1.29, 1.82) is 0 Å². The van der Waals surface area contributed by atoms with E-state index in [-0.39, 0.29) is 22.8 Å². The molecule has 2 aromatic rings. The standard InChI is InChI=1S/C24H27NO5/c1-3-5-9-14-25-21(17-12-13-18(26)19(15-17)30-4-2)20(23(28)24(25)29)22(27)16-10-7-6-8-11-16/h6-8,10-13,15,21,26-27H,3-5,9,14H2,1-2H3/b22-20-. The maximum atomic E-state index is 12.9. The number of aliphatic hydroxyl groups is 1. The first-order valence-electron chi connectivity index (χ1n) is 10.3. The molecule has 1 amide bonds. The molecule has 3 rings (SSSR count). The van der Waals surface area contributed by atoms with Gasteiger partial charge in [0.25, 0.3) is 11.7 Å². The number of amides is 1. The number of aliphatic hydroxyl groups excluding tert-OH is 1. The van der Waals surface area contributed by atoms with Crippen LogP contribution in [0.4, 0.5) is 0 Å². The number of benzene rings is 2. The van der Waals surface area contributed by atoms with Gasteiger partial charge in [0.15, 0.2) is 11.5 Å². The first-order valence-corrected chi connectivity index (χ1v) is 10.3. The lowest BCUT2D eigenvalue weighted by Gasteiger charge is -2.26. The van der Waals surface area contributed by atoms with E-state index in [0.717, 1.165) is 19.3 Å². The lowest BCUT2D eigenvalue weighted by Crippen LogP contribution is -2.30. The van der Waals surface area contributed by atoms with Crippen LogP contribution in [0.25, 0.3) is 5.76 Å². The Bertz CT molecular complexity index is 951. The first kappa shape index (κ1) is 21.4. The number of unbranched alkanes of at least 4 members (excludes halogenated alkanes) is 2. The van der Waals surface area contributed by atoms with E-state index in [1.54, 1.807) is 43.3 Å². The summed E-state index contributed by atoms with van der Waals surface area (Å²) in [4.78, 5) is 27.3. The van der Waals surface area contributed by atoms with Gasteiger partial charge in [-0.3, -0.25) is 9.59 Å². The zero-order valence-electron chi connectivity index (χ0n) is 17.3. The molecular weight excluding hydrogens is 382 g/mol. The Morgan fingerprint density at radius 3 is 2.47 bits per heavy atom. The molecule has 2 aromatic carbocycles. The van der Waals surface area contributed by atoms with Crippen LogP contribution in [0.2, 0.25) is 0 Å². The summed E-state index contributed by atoms with van der Waals surface area (Å²) in [7, 11) is 0. The van der Waals surface area contributed by atoms with Gasteiger partial charge in [0, 0.05) is 12.1 Å². The molecule has 1 saturated heterocycles. The van der Waals surface area contributed by atoms with E-state index in [2.05, 4.69) is 6.92 Å². The number of aromatic hydroxyl groups is 1. The number of hydrogen-bond acceptors (Lipinski definition) is 5. The van der Waals surface area contributed by atoms with E-state index < -0.39 is 17.7 Å². The minimum atomic E-state index is -0.748. The number of rotatable bonds is 8. The third-order valence-corrected chi connectivity index (χ3v) is 5.19. The first-order chi connectivity index (χ1) is 14.5. The Morgan fingerprint density at radius 1 is 1.07 bits per heavy atom. The second kappa shape index (κ2) is 9.48. The SMILES string of the molecule is CCCCCN1C(=O)C(=O)/C(=C(\O)c2ccccc2)C1c1ccc(O)c(OCC)c1. The number of Topliss-reactive ketones (excluding diaryl/α,β-unsaturated/α-hetero) is 1. The largest absolute Gasteiger partial charge is 0.507 e. The molecule has 0 saturated carbocycles. The average Bonchev–Trinajstić information content (AvgIpc) is 3.01. The fourth-order valence-corrected chi connectivity index (χ4v) is 3.71. The van der Waals surface area contributed by atoms with E-state index in [9.17, 15) is 19.8 Å². The molecular formula is C24H27NO5. The third kappa shape index (κ3) is 4.17. The van der Waals surface area contributed by atoms with Gasteiger partial charge >= 0.3 is 0 Å². The maximum Gasteiger partial charge on any atom is 0.295 e. The Morgan fingerprint density at radius 2 is 1.80 bits per heavy atom. The van der Waals surface area contributed by atoms with Crippen molar-refractivity contribution in [2.45, 2.75) is 39.2 Å². The molecule has 0 spiro atoms. The van der Waals surface area contributed by atoms with Gasteiger partial charge in [-0.05, 0) is 31.0 Å². The van der Waals surface area contributed by atoms with Crippen molar-refractivity contribution in [3.05, 3.63) is 65.2 Å². The Kier molecular flexibility index (Phi) is 6.77. The summed E-state index contributed by atoms with van der Waals surface area (Å²) in [5.41, 5.74) is 1.12. The average molecular weight is 409 g/mol. The van der Waals surface area contributed by atoms with E-state index in [4.69, 9.17) is 4.74 Å².